The van der Waals surface area contributed by atoms with Crippen LogP contribution in [-0.2, 0) is 0 Å². The van der Waals surface area contributed by atoms with Gasteiger partial charge in [-0.3, -0.25) is 4.79 Å². The fourth-order valence-electron chi connectivity index (χ4n) is 1.97. The van der Waals surface area contributed by atoms with Gasteiger partial charge in [-0.05, 0) is 6.92 Å². The molecule has 0 aliphatic heterocycles. The predicted octanol–water partition coefficient (Wildman–Crippen LogP) is 3.88. The van der Waals surface area contributed by atoms with Gasteiger partial charge in [-0.1, -0.05) is 65.3 Å². The van der Waals surface area contributed by atoms with Gasteiger partial charge >= 0.3 is 0 Å². The molecular weight excluding hydrogens is 250 g/mol. The van der Waals surface area contributed by atoms with Crippen molar-refractivity contribution in [3.63, 3.8) is 0 Å². The zero-order chi connectivity index (χ0) is 13.9. The van der Waals surface area contributed by atoms with Gasteiger partial charge in [-0.15, -0.1) is 0 Å². The molecule has 0 bridgehead atoms. The number of carbonyl (C=O) groups is 1. The third-order valence-electron chi connectivity index (χ3n) is 3.11. The molecule has 0 amide bonds. The van der Waals surface area contributed by atoms with Crippen molar-refractivity contribution in [2.24, 2.45) is 0 Å². The van der Waals surface area contributed by atoms with Crippen molar-refractivity contribution in [3.8, 4) is 11.3 Å². The first-order chi connectivity index (χ1) is 9.74. The number of hydrogen-bond acceptors (Lipinski definition) is 3. The molecule has 0 saturated carbocycles. The number of carbonyl (C=O) groups excluding carboxylic acids is 1. The van der Waals surface area contributed by atoms with Crippen LogP contribution in [0.1, 0.15) is 21.6 Å². The van der Waals surface area contributed by atoms with Crippen molar-refractivity contribution in [1.82, 2.24) is 5.16 Å². The number of ketones is 1. The zero-order valence-corrected chi connectivity index (χ0v) is 11.0. The van der Waals surface area contributed by atoms with Gasteiger partial charge in [0.05, 0.1) is 0 Å². The molecule has 0 radical (unpaired) electrons. The first-order valence-electron chi connectivity index (χ1n) is 6.37. The number of benzene rings is 2. The summed E-state index contributed by atoms with van der Waals surface area (Å²) >= 11 is 0. The molecule has 1 heterocycles. The third kappa shape index (κ3) is 2.38. The highest BCUT2D eigenvalue weighted by molar-refractivity contribution is 6.07. The average molecular weight is 263 g/mol. The van der Waals surface area contributed by atoms with Gasteiger partial charge in [0.25, 0.3) is 0 Å². The third-order valence-corrected chi connectivity index (χ3v) is 3.11. The topological polar surface area (TPSA) is 43.1 Å². The monoisotopic (exact) mass is 263 g/mol. The Morgan fingerprint density at radius 3 is 2.40 bits per heavy atom. The highest BCUT2D eigenvalue weighted by atomic mass is 16.5. The average Bonchev–Trinajstić information content (AvgIpc) is 2.98. The van der Waals surface area contributed by atoms with E-state index in [1.165, 1.54) is 5.56 Å². The normalized spacial score (nSPS) is 10.4. The summed E-state index contributed by atoms with van der Waals surface area (Å²) in [5.74, 6) is 0.469. The van der Waals surface area contributed by atoms with E-state index in [4.69, 9.17) is 4.52 Å². The lowest BCUT2D eigenvalue weighted by atomic mass is 10.1. The van der Waals surface area contributed by atoms with Crippen molar-refractivity contribution in [1.29, 1.82) is 0 Å². The number of aryl methyl sites for hydroxylation is 1. The molecule has 0 aliphatic rings. The van der Waals surface area contributed by atoms with Crippen molar-refractivity contribution in [3.05, 3.63) is 77.5 Å². The molecule has 3 heteroatoms. The quantitative estimate of drug-likeness (QED) is 0.673. The second-order valence-corrected chi connectivity index (χ2v) is 4.64. The van der Waals surface area contributed by atoms with Crippen molar-refractivity contribution in [2.45, 2.75) is 6.92 Å². The van der Waals surface area contributed by atoms with Crippen LogP contribution in [0.25, 0.3) is 11.3 Å². The number of aromatic nitrogens is 1. The number of rotatable bonds is 3. The van der Waals surface area contributed by atoms with Crippen LogP contribution in [0.15, 0.2) is 65.2 Å². The maximum Gasteiger partial charge on any atom is 0.214 e. The molecule has 3 nitrogen and oxygen atoms in total. The molecule has 3 aromatic rings. The first-order valence-corrected chi connectivity index (χ1v) is 6.37. The van der Waals surface area contributed by atoms with E-state index in [0.717, 1.165) is 5.56 Å². The molecule has 0 atom stereocenters. The van der Waals surface area contributed by atoms with E-state index in [9.17, 15) is 4.79 Å². The summed E-state index contributed by atoms with van der Waals surface area (Å²) in [7, 11) is 0. The molecule has 0 spiro atoms. The summed E-state index contributed by atoms with van der Waals surface area (Å²) in [6.07, 6.45) is 0. The Balaban J connectivity index is 1.91. The Hall–Kier alpha value is -2.68. The molecule has 0 saturated heterocycles. The van der Waals surface area contributed by atoms with Crippen LogP contribution in [0.4, 0.5) is 0 Å². The smallest absolute Gasteiger partial charge is 0.214 e. The molecule has 0 fully saturated rings. The largest absolute Gasteiger partial charge is 0.356 e. The maximum absolute atomic E-state index is 12.2. The van der Waals surface area contributed by atoms with E-state index in [1.54, 1.807) is 18.2 Å². The van der Waals surface area contributed by atoms with Gasteiger partial charge in [-0.2, -0.15) is 0 Å². The van der Waals surface area contributed by atoms with E-state index in [2.05, 4.69) is 5.16 Å². The predicted molar refractivity (Wildman–Crippen MR) is 76.6 cm³/mol. The van der Waals surface area contributed by atoms with E-state index in [1.807, 2.05) is 49.4 Å². The van der Waals surface area contributed by atoms with Crippen molar-refractivity contribution < 1.29 is 9.32 Å². The van der Waals surface area contributed by atoms with E-state index in [-0.39, 0.29) is 5.78 Å². The Bertz CT molecular complexity index is 727. The van der Waals surface area contributed by atoms with Gasteiger partial charge in [0.15, 0.2) is 11.5 Å². The Labute approximate surface area is 116 Å². The molecule has 0 aliphatic carbocycles. The molecule has 1 aromatic heterocycles. The molecule has 3 rings (SSSR count). The second kappa shape index (κ2) is 5.13. The fraction of sp³-hybridized carbons (Fsp3) is 0.0588. The lowest BCUT2D eigenvalue weighted by Gasteiger charge is -1.95. The first kappa shape index (κ1) is 12.4. The van der Waals surface area contributed by atoms with E-state index in [0.29, 0.717) is 17.0 Å². The summed E-state index contributed by atoms with van der Waals surface area (Å²) < 4.78 is 5.26. The highest BCUT2D eigenvalue weighted by Gasteiger charge is 2.15. The van der Waals surface area contributed by atoms with Gasteiger partial charge < -0.3 is 4.52 Å². The van der Waals surface area contributed by atoms with Crippen LogP contribution < -0.4 is 0 Å². The fourth-order valence-corrected chi connectivity index (χ4v) is 1.97. The molecule has 0 unspecified atom stereocenters. The Morgan fingerprint density at radius 2 is 1.70 bits per heavy atom. The Kier molecular flexibility index (Phi) is 3.17. The zero-order valence-electron chi connectivity index (χ0n) is 11.0. The molecular formula is C17H13NO2. The van der Waals surface area contributed by atoms with E-state index < -0.39 is 0 Å². The van der Waals surface area contributed by atoms with Gasteiger partial charge in [0.2, 0.25) is 5.78 Å². The molecule has 2 aromatic carbocycles. The minimum absolute atomic E-state index is 0.132. The van der Waals surface area contributed by atoms with Crippen LogP contribution in [0.2, 0.25) is 0 Å². The highest BCUT2D eigenvalue weighted by Crippen LogP contribution is 2.21. The molecule has 98 valence electrons. The van der Waals surface area contributed by atoms with E-state index >= 15 is 0 Å². The summed E-state index contributed by atoms with van der Waals surface area (Å²) in [6.45, 7) is 2.02. The summed E-state index contributed by atoms with van der Waals surface area (Å²) in [4.78, 5) is 12.2. The minimum Gasteiger partial charge on any atom is -0.356 e. The lowest BCUT2D eigenvalue weighted by molar-refractivity contribution is 0.103. The summed E-state index contributed by atoms with van der Waals surface area (Å²) in [6, 6.07) is 18.6. The summed E-state index contributed by atoms with van der Waals surface area (Å²) in [5.41, 5.74) is 3.02. The van der Waals surface area contributed by atoms with Crippen molar-refractivity contribution in [2.75, 3.05) is 0 Å². The van der Waals surface area contributed by atoms with Crippen LogP contribution in [0.5, 0.6) is 0 Å². The SMILES string of the molecule is Cc1ccc(-c2cc(C(=O)c3ccccc3)no2)cc1. The standard InChI is InChI=1S/C17H13NO2/c1-12-7-9-13(10-8-12)16-11-15(18-20-16)17(19)14-5-3-2-4-6-14/h2-11H,1H3. The molecule has 0 N–H and O–H groups in total. The number of nitrogens with zero attached hydrogens (tertiary/aromatic N) is 1. The van der Waals surface area contributed by atoms with Gasteiger partial charge in [-0.25, -0.2) is 0 Å². The number of hydrogen-bond donors (Lipinski definition) is 0. The second-order valence-electron chi connectivity index (χ2n) is 4.64. The lowest BCUT2D eigenvalue weighted by Crippen LogP contribution is -2.00. The maximum atomic E-state index is 12.2. The van der Waals surface area contributed by atoms with Gasteiger partial charge in [0, 0.05) is 17.2 Å². The minimum atomic E-state index is -0.132. The van der Waals surface area contributed by atoms with Crippen molar-refractivity contribution >= 4 is 5.78 Å². The van der Waals surface area contributed by atoms with Crippen LogP contribution in [-0.4, -0.2) is 10.9 Å². The van der Waals surface area contributed by atoms with Crippen LogP contribution in [0, 0.1) is 6.92 Å². The molecule has 20 heavy (non-hydrogen) atoms. The van der Waals surface area contributed by atoms with Gasteiger partial charge in [0.1, 0.15) is 0 Å². The summed E-state index contributed by atoms with van der Waals surface area (Å²) in [5, 5.41) is 3.87. The Morgan fingerprint density at radius 1 is 1.00 bits per heavy atom. The van der Waals surface area contributed by atoms with Crippen LogP contribution in [0.3, 0.4) is 0 Å². The van der Waals surface area contributed by atoms with Crippen LogP contribution >= 0.6 is 0 Å².